The molecule has 0 aliphatic rings. The first-order valence-electron chi connectivity index (χ1n) is 4.67. The van der Waals surface area contributed by atoms with E-state index in [1.807, 2.05) is 0 Å². The Morgan fingerprint density at radius 3 is 2.69 bits per heavy atom. The lowest BCUT2D eigenvalue weighted by Crippen LogP contribution is -2.13. The quantitative estimate of drug-likeness (QED) is 0.876. The van der Waals surface area contributed by atoms with Crippen LogP contribution < -0.4 is 5.32 Å². The summed E-state index contributed by atoms with van der Waals surface area (Å²) < 4.78 is 27.2. The Kier molecular flexibility index (Phi) is 3.89. The van der Waals surface area contributed by atoms with E-state index < -0.39 is 15.9 Å². The fourth-order valence-corrected chi connectivity index (χ4v) is 1.76. The van der Waals surface area contributed by atoms with Crippen LogP contribution in [-0.4, -0.2) is 27.4 Å². The summed E-state index contributed by atoms with van der Waals surface area (Å²) in [7, 11) is -3.27. The van der Waals surface area contributed by atoms with Crippen LogP contribution in [0.2, 0.25) is 0 Å². The first kappa shape index (κ1) is 12.5. The average molecular weight is 243 g/mol. The number of anilines is 1. The number of nitrogens with one attached hydrogen (secondary N) is 1. The second-order valence-electron chi connectivity index (χ2n) is 3.15. The molecular weight excluding hydrogens is 230 g/mol. The highest BCUT2D eigenvalue weighted by Gasteiger charge is 2.08. The van der Waals surface area contributed by atoms with Crippen molar-refractivity contribution in [1.29, 1.82) is 0 Å². The van der Waals surface area contributed by atoms with Gasteiger partial charge in [0.05, 0.1) is 11.5 Å². The Labute approximate surface area is 94.3 Å². The lowest BCUT2D eigenvalue weighted by molar-refractivity contribution is 0.168. The van der Waals surface area contributed by atoms with Crippen molar-refractivity contribution < 1.29 is 17.9 Å². The second kappa shape index (κ2) is 4.98. The summed E-state index contributed by atoms with van der Waals surface area (Å²) in [5.74, 6) is 0. The second-order valence-corrected chi connectivity index (χ2v) is 5.16. The predicted octanol–water partition coefficient (Wildman–Crippen LogP) is 1.66. The summed E-state index contributed by atoms with van der Waals surface area (Å²) in [6, 6.07) is 5.99. The summed E-state index contributed by atoms with van der Waals surface area (Å²) in [5.41, 5.74) is 0.390. The molecule has 0 aromatic heterocycles. The summed E-state index contributed by atoms with van der Waals surface area (Å²) >= 11 is 0. The number of carbonyl (C=O) groups is 1. The molecular formula is C10H13NO4S. The van der Waals surface area contributed by atoms with E-state index in [1.54, 1.807) is 19.1 Å². The maximum absolute atomic E-state index is 11.3. The average Bonchev–Trinajstić information content (AvgIpc) is 2.17. The van der Waals surface area contributed by atoms with E-state index in [1.165, 1.54) is 12.1 Å². The highest BCUT2D eigenvalue weighted by molar-refractivity contribution is 7.90. The Morgan fingerprint density at radius 1 is 1.44 bits per heavy atom. The molecule has 0 spiro atoms. The normalized spacial score (nSPS) is 10.9. The Morgan fingerprint density at radius 2 is 2.12 bits per heavy atom. The van der Waals surface area contributed by atoms with Gasteiger partial charge in [0.1, 0.15) is 0 Å². The summed E-state index contributed by atoms with van der Waals surface area (Å²) in [6.45, 7) is 1.95. The van der Waals surface area contributed by atoms with Gasteiger partial charge in [0.2, 0.25) is 0 Å². The Bertz CT molecular complexity index is 481. The molecule has 0 heterocycles. The monoisotopic (exact) mass is 243 g/mol. The van der Waals surface area contributed by atoms with Crippen molar-refractivity contribution in [1.82, 2.24) is 0 Å². The number of benzene rings is 1. The fraction of sp³-hybridized carbons (Fsp3) is 0.300. The van der Waals surface area contributed by atoms with Crippen LogP contribution in [0.25, 0.3) is 0 Å². The number of hydrogen-bond acceptors (Lipinski definition) is 4. The van der Waals surface area contributed by atoms with Gasteiger partial charge in [0.25, 0.3) is 0 Å². The van der Waals surface area contributed by atoms with Gasteiger partial charge in [-0.1, -0.05) is 6.07 Å². The minimum Gasteiger partial charge on any atom is -0.450 e. The van der Waals surface area contributed by atoms with Crippen molar-refractivity contribution in [3.63, 3.8) is 0 Å². The van der Waals surface area contributed by atoms with Gasteiger partial charge < -0.3 is 4.74 Å². The molecule has 5 nitrogen and oxygen atoms in total. The number of hydrogen-bond donors (Lipinski definition) is 1. The number of ether oxygens (including phenoxy) is 1. The third-order valence-corrected chi connectivity index (χ3v) is 2.89. The van der Waals surface area contributed by atoms with Gasteiger partial charge >= 0.3 is 6.09 Å². The van der Waals surface area contributed by atoms with Crippen molar-refractivity contribution in [3.8, 4) is 0 Å². The van der Waals surface area contributed by atoms with Crippen molar-refractivity contribution in [2.75, 3.05) is 18.2 Å². The van der Waals surface area contributed by atoms with Crippen LogP contribution in [0, 0.1) is 0 Å². The van der Waals surface area contributed by atoms with Gasteiger partial charge in [-0.2, -0.15) is 0 Å². The van der Waals surface area contributed by atoms with E-state index in [0.717, 1.165) is 6.26 Å². The molecule has 0 fully saturated rings. The number of amides is 1. The van der Waals surface area contributed by atoms with Crippen LogP contribution in [0.15, 0.2) is 29.2 Å². The molecule has 6 heteroatoms. The zero-order valence-electron chi connectivity index (χ0n) is 9.06. The van der Waals surface area contributed by atoms with Crippen molar-refractivity contribution in [2.45, 2.75) is 11.8 Å². The SMILES string of the molecule is CCOC(=O)Nc1cccc(S(C)(=O)=O)c1. The number of carbonyl (C=O) groups excluding carboxylic acids is 1. The van der Waals surface area contributed by atoms with Crippen molar-refractivity contribution in [2.24, 2.45) is 0 Å². The standard InChI is InChI=1S/C10H13NO4S/c1-3-15-10(12)11-8-5-4-6-9(7-8)16(2,13)14/h4-7H,3H2,1-2H3,(H,11,12). The maximum atomic E-state index is 11.3. The van der Waals surface area contributed by atoms with Crippen LogP contribution in [0.4, 0.5) is 10.5 Å². The van der Waals surface area contributed by atoms with Crippen LogP contribution >= 0.6 is 0 Å². The van der Waals surface area contributed by atoms with Crippen LogP contribution in [0.5, 0.6) is 0 Å². The van der Waals surface area contributed by atoms with Gasteiger partial charge in [-0.25, -0.2) is 13.2 Å². The van der Waals surface area contributed by atoms with Crippen LogP contribution in [-0.2, 0) is 14.6 Å². The zero-order valence-corrected chi connectivity index (χ0v) is 9.87. The third-order valence-electron chi connectivity index (χ3n) is 1.78. The van der Waals surface area contributed by atoms with Gasteiger partial charge in [-0.3, -0.25) is 5.32 Å². The number of sulfone groups is 1. The van der Waals surface area contributed by atoms with E-state index >= 15 is 0 Å². The number of rotatable bonds is 3. The molecule has 1 aromatic carbocycles. The predicted molar refractivity (Wildman–Crippen MR) is 60.2 cm³/mol. The highest BCUT2D eigenvalue weighted by atomic mass is 32.2. The molecule has 0 saturated carbocycles. The molecule has 0 unspecified atom stereocenters. The lowest BCUT2D eigenvalue weighted by Gasteiger charge is -2.06. The topological polar surface area (TPSA) is 72.5 Å². The Hall–Kier alpha value is -1.56. The Balaban J connectivity index is 2.88. The molecule has 0 aliphatic carbocycles. The zero-order chi connectivity index (χ0) is 12.2. The van der Waals surface area contributed by atoms with Gasteiger partial charge in [0.15, 0.2) is 9.84 Å². The summed E-state index contributed by atoms with van der Waals surface area (Å²) in [5, 5.41) is 2.43. The first-order chi connectivity index (χ1) is 7.43. The molecule has 0 atom stereocenters. The van der Waals surface area contributed by atoms with Crippen LogP contribution in [0.1, 0.15) is 6.92 Å². The van der Waals surface area contributed by atoms with E-state index in [9.17, 15) is 13.2 Å². The van der Waals surface area contributed by atoms with E-state index in [0.29, 0.717) is 5.69 Å². The molecule has 1 N–H and O–H groups in total. The molecule has 0 bridgehead atoms. The molecule has 0 saturated heterocycles. The first-order valence-corrected chi connectivity index (χ1v) is 6.56. The summed E-state index contributed by atoms with van der Waals surface area (Å²) in [4.78, 5) is 11.2. The maximum Gasteiger partial charge on any atom is 0.411 e. The summed E-state index contributed by atoms with van der Waals surface area (Å²) in [6.07, 6.45) is 0.504. The van der Waals surface area contributed by atoms with Gasteiger partial charge in [0, 0.05) is 11.9 Å². The van der Waals surface area contributed by atoms with Crippen LogP contribution in [0.3, 0.4) is 0 Å². The largest absolute Gasteiger partial charge is 0.450 e. The lowest BCUT2D eigenvalue weighted by atomic mass is 10.3. The molecule has 0 aliphatic heterocycles. The van der Waals surface area contributed by atoms with Gasteiger partial charge in [-0.15, -0.1) is 0 Å². The fourth-order valence-electron chi connectivity index (χ4n) is 1.09. The van der Waals surface area contributed by atoms with E-state index in [-0.39, 0.29) is 11.5 Å². The van der Waals surface area contributed by atoms with Crippen molar-refractivity contribution >= 4 is 21.6 Å². The minimum absolute atomic E-state index is 0.154. The highest BCUT2D eigenvalue weighted by Crippen LogP contribution is 2.15. The van der Waals surface area contributed by atoms with E-state index in [2.05, 4.69) is 10.1 Å². The van der Waals surface area contributed by atoms with E-state index in [4.69, 9.17) is 0 Å². The molecule has 1 aromatic rings. The molecule has 0 radical (unpaired) electrons. The minimum atomic E-state index is -3.27. The molecule has 1 amide bonds. The molecule has 16 heavy (non-hydrogen) atoms. The van der Waals surface area contributed by atoms with Gasteiger partial charge in [-0.05, 0) is 25.1 Å². The molecule has 1 rings (SSSR count). The third kappa shape index (κ3) is 3.54. The smallest absolute Gasteiger partial charge is 0.411 e. The molecule has 88 valence electrons. The van der Waals surface area contributed by atoms with Crippen molar-refractivity contribution in [3.05, 3.63) is 24.3 Å².